The highest BCUT2D eigenvalue weighted by atomic mass is 19.1. The number of nitrogens with zero attached hydrogens (tertiary/aromatic N) is 2. The fraction of sp³-hybridized carbons (Fsp3) is 0.348. The molecule has 2 aromatic carbocycles. The highest BCUT2D eigenvalue weighted by Gasteiger charge is 2.34. The molecule has 1 atom stereocenters. The van der Waals surface area contributed by atoms with Gasteiger partial charge in [-0.3, -0.25) is 19.5 Å². The van der Waals surface area contributed by atoms with E-state index in [1.54, 1.807) is 43.4 Å². The van der Waals surface area contributed by atoms with Gasteiger partial charge < -0.3 is 15.4 Å². The Morgan fingerprint density at radius 3 is 2.29 bits per heavy atom. The topological polar surface area (TPSA) is 83.0 Å². The standard InChI is InChI=1S/C23H27FN4O3/c1-16(31-18-11-9-17(24)10-12-18)15-27-23(25-2)26-13-5-6-14-28-21(29)19-7-3-4-8-20(19)22(28)30/h3-4,7-12,16H,5-6,13-15H2,1-2H3,(H2,25,26,27). The number of aliphatic imine (C=N–C) groups is 1. The number of hydrogen-bond donors (Lipinski definition) is 2. The fourth-order valence-electron chi connectivity index (χ4n) is 3.29. The van der Waals surface area contributed by atoms with Crippen LogP contribution in [0.3, 0.4) is 0 Å². The zero-order chi connectivity index (χ0) is 22.2. The molecule has 0 bridgehead atoms. The van der Waals surface area contributed by atoms with E-state index in [1.807, 2.05) is 6.92 Å². The largest absolute Gasteiger partial charge is 0.489 e. The molecule has 2 N–H and O–H groups in total. The highest BCUT2D eigenvalue weighted by molar-refractivity contribution is 6.21. The van der Waals surface area contributed by atoms with Crippen molar-refractivity contribution in [1.82, 2.24) is 15.5 Å². The molecule has 0 spiro atoms. The minimum Gasteiger partial charge on any atom is -0.489 e. The summed E-state index contributed by atoms with van der Waals surface area (Å²) in [7, 11) is 1.68. The van der Waals surface area contributed by atoms with Crippen molar-refractivity contribution < 1.29 is 18.7 Å². The van der Waals surface area contributed by atoms with Gasteiger partial charge >= 0.3 is 0 Å². The molecule has 0 radical (unpaired) electrons. The Labute approximate surface area is 181 Å². The summed E-state index contributed by atoms with van der Waals surface area (Å²) in [5, 5.41) is 6.39. The summed E-state index contributed by atoms with van der Waals surface area (Å²) < 4.78 is 18.7. The number of rotatable bonds is 9. The number of amides is 2. The van der Waals surface area contributed by atoms with E-state index in [0.29, 0.717) is 48.9 Å². The molecule has 0 saturated carbocycles. The quantitative estimate of drug-likeness (QED) is 0.279. The van der Waals surface area contributed by atoms with Gasteiger partial charge in [0.2, 0.25) is 0 Å². The Bertz CT molecular complexity index is 911. The third kappa shape index (κ3) is 5.81. The SMILES string of the molecule is CN=C(NCCCCN1C(=O)c2ccccc2C1=O)NCC(C)Oc1ccc(F)cc1. The van der Waals surface area contributed by atoms with Crippen LogP contribution in [-0.2, 0) is 0 Å². The molecule has 164 valence electrons. The first kappa shape index (κ1) is 22.3. The first-order chi connectivity index (χ1) is 15.0. The molecule has 3 rings (SSSR count). The van der Waals surface area contributed by atoms with Gasteiger partial charge in [-0.25, -0.2) is 4.39 Å². The minimum atomic E-state index is -0.300. The van der Waals surface area contributed by atoms with Crippen molar-refractivity contribution in [3.05, 3.63) is 65.5 Å². The first-order valence-electron chi connectivity index (χ1n) is 10.3. The lowest BCUT2D eigenvalue weighted by atomic mass is 10.1. The summed E-state index contributed by atoms with van der Waals surface area (Å²) in [5.41, 5.74) is 0.958. The molecule has 2 aromatic rings. The molecule has 1 heterocycles. The van der Waals surface area contributed by atoms with E-state index in [1.165, 1.54) is 17.0 Å². The average Bonchev–Trinajstić information content (AvgIpc) is 3.02. The van der Waals surface area contributed by atoms with Gasteiger partial charge in [0.25, 0.3) is 11.8 Å². The number of guanidine groups is 1. The number of halogens is 1. The number of imide groups is 1. The maximum Gasteiger partial charge on any atom is 0.261 e. The van der Waals surface area contributed by atoms with E-state index in [9.17, 15) is 14.0 Å². The van der Waals surface area contributed by atoms with Crippen molar-refractivity contribution in [3.8, 4) is 5.75 Å². The maximum atomic E-state index is 13.0. The zero-order valence-electron chi connectivity index (χ0n) is 17.7. The van der Waals surface area contributed by atoms with Crippen molar-refractivity contribution >= 4 is 17.8 Å². The number of hydrogen-bond acceptors (Lipinski definition) is 4. The van der Waals surface area contributed by atoms with E-state index < -0.39 is 0 Å². The molecular weight excluding hydrogens is 399 g/mol. The second kappa shape index (κ2) is 10.6. The number of carbonyl (C=O) groups is 2. The first-order valence-corrected chi connectivity index (χ1v) is 10.3. The van der Waals surface area contributed by atoms with Crippen molar-refractivity contribution in [2.45, 2.75) is 25.9 Å². The Morgan fingerprint density at radius 1 is 1.03 bits per heavy atom. The number of fused-ring (bicyclic) bond motifs is 1. The lowest BCUT2D eigenvalue weighted by Gasteiger charge is -2.18. The van der Waals surface area contributed by atoms with Gasteiger partial charge in [0.1, 0.15) is 17.7 Å². The van der Waals surface area contributed by atoms with Crippen LogP contribution in [0.4, 0.5) is 4.39 Å². The molecule has 8 heteroatoms. The number of benzene rings is 2. The third-order valence-electron chi connectivity index (χ3n) is 4.91. The maximum absolute atomic E-state index is 13.0. The van der Waals surface area contributed by atoms with Crippen molar-refractivity contribution in [3.63, 3.8) is 0 Å². The summed E-state index contributed by atoms with van der Waals surface area (Å²) >= 11 is 0. The van der Waals surface area contributed by atoms with Crippen LogP contribution in [0.15, 0.2) is 53.5 Å². The average molecular weight is 426 g/mol. The third-order valence-corrected chi connectivity index (χ3v) is 4.91. The van der Waals surface area contributed by atoms with Crippen LogP contribution in [0.1, 0.15) is 40.5 Å². The van der Waals surface area contributed by atoms with Gasteiger partial charge in [-0.05, 0) is 56.2 Å². The fourth-order valence-corrected chi connectivity index (χ4v) is 3.29. The highest BCUT2D eigenvalue weighted by Crippen LogP contribution is 2.22. The predicted molar refractivity (Wildman–Crippen MR) is 117 cm³/mol. The molecule has 7 nitrogen and oxygen atoms in total. The Morgan fingerprint density at radius 2 is 1.68 bits per heavy atom. The second-order valence-electron chi connectivity index (χ2n) is 7.28. The van der Waals surface area contributed by atoms with Gasteiger partial charge in [-0.2, -0.15) is 0 Å². The van der Waals surface area contributed by atoms with Crippen LogP contribution in [0.2, 0.25) is 0 Å². The van der Waals surface area contributed by atoms with E-state index in [4.69, 9.17) is 4.74 Å². The molecule has 1 aliphatic heterocycles. The molecule has 31 heavy (non-hydrogen) atoms. The van der Waals surface area contributed by atoms with Crippen LogP contribution < -0.4 is 15.4 Å². The van der Waals surface area contributed by atoms with Gasteiger partial charge in [-0.15, -0.1) is 0 Å². The van der Waals surface area contributed by atoms with Crippen molar-refractivity contribution in [2.75, 3.05) is 26.7 Å². The number of ether oxygens (including phenoxy) is 1. The van der Waals surface area contributed by atoms with Gasteiger partial charge in [0.15, 0.2) is 5.96 Å². The van der Waals surface area contributed by atoms with E-state index in [0.717, 1.165) is 6.42 Å². The monoisotopic (exact) mass is 426 g/mol. The van der Waals surface area contributed by atoms with Gasteiger partial charge in [0.05, 0.1) is 17.7 Å². The predicted octanol–water partition coefficient (Wildman–Crippen LogP) is 2.83. The summed E-state index contributed by atoms with van der Waals surface area (Å²) in [6.07, 6.45) is 1.33. The molecule has 2 amide bonds. The molecule has 1 unspecified atom stereocenters. The Kier molecular flexibility index (Phi) is 7.59. The molecule has 0 aromatic heterocycles. The molecule has 0 aliphatic carbocycles. The molecule has 1 aliphatic rings. The van der Waals surface area contributed by atoms with E-state index in [-0.39, 0.29) is 23.7 Å². The number of unbranched alkanes of at least 4 members (excludes halogenated alkanes) is 1. The van der Waals surface area contributed by atoms with Crippen LogP contribution in [0.25, 0.3) is 0 Å². The van der Waals surface area contributed by atoms with Gasteiger partial charge in [-0.1, -0.05) is 12.1 Å². The molecular formula is C23H27FN4O3. The van der Waals surface area contributed by atoms with E-state index >= 15 is 0 Å². The summed E-state index contributed by atoms with van der Waals surface area (Å²) in [6, 6.07) is 12.8. The Hall–Kier alpha value is -3.42. The van der Waals surface area contributed by atoms with Gasteiger partial charge in [0, 0.05) is 20.1 Å². The smallest absolute Gasteiger partial charge is 0.261 e. The summed E-state index contributed by atoms with van der Waals surface area (Å²) in [4.78, 5) is 30.2. The van der Waals surface area contributed by atoms with Crippen LogP contribution in [-0.4, -0.2) is 55.5 Å². The lowest BCUT2D eigenvalue weighted by Crippen LogP contribution is -2.42. The number of carbonyl (C=O) groups excluding carboxylic acids is 2. The zero-order valence-corrected chi connectivity index (χ0v) is 17.7. The summed E-state index contributed by atoms with van der Waals surface area (Å²) in [5.74, 6) is 0.496. The molecule has 0 fully saturated rings. The Balaban J connectivity index is 1.34. The van der Waals surface area contributed by atoms with Crippen LogP contribution in [0, 0.1) is 5.82 Å². The number of nitrogens with one attached hydrogen (secondary N) is 2. The second-order valence-corrected chi connectivity index (χ2v) is 7.28. The van der Waals surface area contributed by atoms with Crippen LogP contribution in [0.5, 0.6) is 5.75 Å². The lowest BCUT2D eigenvalue weighted by molar-refractivity contribution is 0.0652. The molecule has 0 saturated heterocycles. The van der Waals surface area contributed by atoms with Crippen molar-refractivity contribution in [2.24, 2.45) is 4.99 Å². The minimum absolute atomic E-state index is 0.141. The van der Waals surface area contributed by atoms with E-state index in [2.05, 4.69) is 15.6 Å². The van der Waals surface area contributed by atoms with Crippen LogP contribution >= 0.6 is 0 Å². The summed E-state index contributed by atoms with van der Waals surface area (Å²) in [6.45, 7) is 3.47. The normalized spacial score (nSPS) is 14.4. The van der Waals surface area contributed by atoms with Crippen molar-refractivity contribution in [1.29, 1.82) is 0 Å².